The summed E-state index contributed by atoms with van der Waals surface area (Å²) in [5, 5.41) is 3.91. The Kier molecular flexibility index (Phi) is 5.89. The minimum Gasteiger partial charge on any atom is -0.385 e. The second-order valence-corrected chi connectivity index (χ2v) is 7.80. The van der Waals surface area contributed by atoms with E-state index in [2.05, 4.69) is 19.2 Å². The Bertz CT molecular complexity index is 880. The number of anilines is 1. The summed E-state index contributed by atoms with van der Waals surface area (Å²) in [6.07, 6.45) is -4.52. The Morgan fingerprint density at radius 2 is 1.93 bits per heavy atom. The van der Waals surface area contributed by atoms with Gasteiger partial charge < -0.3 is 10.2 Å². The number of nitrogens with one attached hydrogen (secondary N) is 1. The lowest BCUT2D eigenvalue weighted by Crippen LogP contribution is -2.43. The second-order valence-electron chi connectivity index (χ2n) is 7.39. The van der Waals surface area contributed by atoms with Crippen LogP contribution in [0.2, 0.25) is 5.02 Å². The summed E-state index contributed by atoms with van der Waals surface area (Å²) in [4.78, 5) is 12.6. The standard InChI is InChI=1S/C21H22ClF3N2O/c1-13(2)11-26-15-9-14-12-27(20(28)21(23,24)25)8-7-16(14)18(10-15)17-5-3-4-6-19(17)22/h3-6,9-10,13,26H,7-8,11-12H2,1-2H3. The number of alkyl halides is 3. The Balaban J connectivity index is 2.03. The fourth-order valence-electron chi connectivity index (χ4n) is 3.40. The van der Waals surface area contributed by atoms with Gasteiger partial charge in [-0.15, -0.1) is 0 Å². The number of amides is 1. The molecule has 150 valence electrons. The smallest absolute Gasteiger partial charge is 0.385 e. The quantitative estimate of drug-likeness (QED) is 0.719. The Morgan fingerprint density at radius 1 is 1.21 bits per heavy atom. The van der Waals surface area contributed by atoms with Crippen LogP contribution in [0.4, 0.5) is 18.9 Å². The number of rotatable bonds is 4. The van der Waals surface area contributed by atoms with Crippen molar-refractivity contribution < 1.29 is 18.0 Å². The molecule has 0 saturated heterocycles. The molecule has 0 aliphatic carbocycles. The predicted molar refractivity (Wildman–Crippen MR) is 105 cm³/mol. The van der Waals surface area contributed by atoms with Crippen LogP contribution < -0.4 is 5.32 Å². The van der Waals surface area contributed by atoms with E-state index in [1.165, 1.54) is 0 Å². The molecule has 7 heteroatoms. The summed E-state index contributed by atoms with van der Waals surface area (Å²) in [5.74, 6) is -1.39. The number of hydrogen-bond donors (Lipinski definition) is 1. The predicted octanol–water partition coefficient (Wildman–Crippen LogP) is 5.52. The monoisotopic (exact) mass is 410 g/mol. The van der Waals surface area contributed by atoms with Crippen molar-refractivity contribution in [1.82, 2.24) is 4.90 Å². The summed E-state index contributed by atoms with van der Waals surface area (Å²) in [5.41, 5.74) is 4.20. The first-order chi connectivity index (χ1) is 13.2. The zero-order chi connectivity index (χ0) is 20.5. The maximum absolute atomic E-state index is 12.9. The minimum absolute atomic E-state index is 0.0293. The van der Waals surface area contributed by atoms with Gasteiger partial charge in [-0.3, -0.25) is 4.79 Å². The van der Waals surface area contributed by atoms with Crippen LogP contribution in [0.15, 0.2) is 36.4 Å². The highest BCUT2D eigenvalue weighted by Crippen LogP contribution is 2.37. The van der Waals surface area contributed by atoms with Gasteiger partial charge in [-0.2, -0.15) is 13.2 Å². The van der Waals surface area contributed by atoms with Gasteiger partial charge >= 0.3 is 12.1 Å². The molecule has 3 nitrogen and oxygen atoms in total. The molecule has 0 aromatic heterocycles. The van der Waals surface area contributed by atoms with Gasteiger partial charge in [0.1, 0.15) is 0 Å². The van der Waals surface area contributed by atoms with Crippen LogP contribution in [-0.4, -0.2) is 30.1 Å². The van der Waals surface area contributed by atoms with Crippen LogP contribution in [0.25, 0.3) is 11.1 Å². The fourth-order valence-corrected chi connectivity index (χ4v) is 3.63. The first-order valence-corrected chi connectivity index (χ1v) is 9.55. The zero-order valence-corrected chi connectivity index (χ0v) is 16.5. The second kappa shape index (κ2) is 8.03. The fraction of sp³-hybridized carbons (Fsp3) is 0.381. The molecule has 0 saturated carbocycles. The molecule has 3 rings (SSSR count). The van der Waals surface area contributed by atoms with Crippen LogP contribution in [-0.2, 0) is 17.8 Å². The summed E-state index contributed by atoms with van der Waals surface area (Å²) >= 11 is 6.39. The molecule has 1 N–H and O–H groups in total. The molecule has 0 unspecified atom stereocenters. The van der Waals surface area contributed by atoms with Crippen molar-refractivity contribution in [2.24, 2.45) is 5.92 Å². The van der Waals surface area contributed by atoms with E-state index in [9.17, 15) is 18.0 Å². The van der Waals surface area contributed by atoms with E-state index in [4.69, 9.17) is 11.6 Å². The van der Waals surface area contributed by atoms with Crippen molar-refractivity contribution in [3.05, 3.63) is 52.5 Å². The molecular formula is C21H22ClF3N2O. The van der Waals surface area contributed by atoms with E-state index in [0.29, 0.717) is 22.9 Å². The maximum Gasteiger partial charge on any atom is 0.471 e. The molecule has 0 spiro atoms. The SMILES string of the molecule is CC(C)CNc1cc2c(c(-c3ccccc3Cl)c1)CCN(C(=O)C(F)(F)F)C2. The third-order valence-corrected chi connectivity index (χ3v) is 5.07. The number of benzene rings is 2. The molecule has 0 atom stereocenters. The molecule has 2 aromatic carbocycles. The summed E-state index contributed by atoms with van der Waals surface area (Å²) < 4.78 is 38.6. The molecule has 1 aliphatic heterocycles. The van der Waals surface area contributed by atoms with Gasteiger partial charge in [-0.1, -0.05) is 43.6 Å². The van der Waals surface area contributed by atoms with Crippen LogP contribution in [0.1, 0.15) is 25.0 Å². The molecule has 1 heterocycles. The Labute approximate surface area is 167 Å². The molecule has 0 bridgehead atoms. The highest BCUT2D eigenvalue weighted by Gasteiger charge is 2.43. The van der Waals surface area contributed by atoms with Crippen molar-refractivity contribution in [2.75, 3.05) is 18.4 Å². The van der Waals surface area contributed by atoms with Gasteiger partial charge in [0, 0.05) is 35.9 Å². The van der Waals surface area contributed by atoms with Crippen LogP contribution in [0, 0.1) is 5.92 Å². The van der Waals surface area contributed by atoms with E-state index in [1.807, 2.05) is 30.3 Å². The molecule has 0 radical (unpaired) electrons. The van der Waals surface area contributed by atoms with Crippen LogP contribution in [0.3, 0.4) is 0 Å². The van der Waals surface area contributed by atoms with Crippen molar-refractivity contribution in [1.29, 1.82) is 0 Å². The van der Waals surface area contributed by atoms with E-state index in [1.54, 1.807) is 6.07 Å². The number of carbonyl (C=O) groups excluding carboxylic acids is 1. The molecule has 1 aliphatic rings. The summed E-state index contributed by atoms with van der Waals surface area (Å²) in [7, 11) is 0. The van der Waals surface area contributed by atoms with Gasteiger partial charge in [0.2, 0.25) is 0 Å². The van der Waals surface area contributed by atoms with Crippen LogP contribution in [0.5, 0.6) is 0 Å². The summed E-state index contributed by atoms with van der Waals surface area (Å²) in [6, 6.07) is 11.2. The molecule has 28 heavy (non-hydrogen) atoms. The average molecular weight is 411 g/mol. The molecular weight excluding hydrogens is 389 g/mol. The normalized spacial score (nSPS) is 14.2. The third-order valence-electron chi connectivity index (χ3n) is 4.74. The van der Waals surface area contributed by atoms with E-state index in [0.717, 1.165) is 33.8 Å². The lowest BCUT2D eigenvalue weighted by atomic mass is 9.89. The van der Waals surface area contributed by atoms with Gasteiger partial charge in [-0.05, 0) is 47.2 Å². The number of carbonyl (C=O) groups is 1. The largest absolute Gasteiger partial charge is 0.471 e. The average Bonchev–Trinajstić information content (AvgIpc) is 2.64. The van der Waals surface area contributed by atoms with Crippen molar-refractivity contribution >= 4 is 23.2 Å². The van der Waals surface area contributed by atoms with Gasteiger partial charge in [-0.25, -0.2) is 0 Å². The van der Waals surface area contributed by atoms with E-state index >= 15 is 0 Å². The number of halogens is 4. The highest BCUT2D eigenvalue weighted by molar-refractivity contribution is 6.33. The van der Waals surface area contributed by atoms with Crippen molar-refractivity contribution in [3.63, 3.8) is 0 Å². The van der Waals surface area contributed by atoms with Crippen molar-refractivity contribution in [3.8, 4) is 11.1 Å². The maximum atomic E-state index is 12.9. The molecule has 0 fully saturated rings. The highest BCUT2D eigenvalue weighted by atomic mass is 35.5. The first-order valence-electron chi connectivity index (χ1n) is 9.17. The van der Waals surface area contributed by atoms with Gasteiger partial charge in [0.15, 0.2) is 0 Å². The Morgan fingerprint density at radius 3 is 2.57 bits per heavy atom. The van der Waals surface area contributed by atoms with E-state index in [-0.39, 0.29) is 13.1 Å². The minimum atomic E-state index is -4.86. The number of nitrogens with zero attached hydrogens (tertiary/aromatic N) is 1. The number of hydrogen-bond acceptors (Lipinski definition) is 2. The zero-order valence-electron chi connectivity index (χ0n) is 15.7. The van der Waals surface area contributed by atoms with Gasteiger partial charge in [0.05, 0.1) is 0 Å². The number of fused-ring (bicyclic) bond motifs is 1. The third kappa shape index (κ3) is 4.43. The topological polar surface area (TPSA) is 32.3 Å². The van der Waals surface area contributed by atoms with E-state index < -0.39 is 12.1 Å². The Hall–Kier alpha value is -2.21. The molecule has 2 aromatic rings. The van der Waals surface area contributed by atoms with Gasteiger partial charge in [0.25, 0.3) is 0 Å². The lowest BCUT2D eigenvalue weighted by molar-refractivity contribution is -0.186. The van der Waals surface area contributed by atoms with Crippen molar-refractivity contribution in [2.45, 2.75) is 33.0 Å². The lowest BCUT2D eigenvalue weighted by Gasteiger charge is -2.31. The van der Waals surface area contributed by atoms with Crippen LogP contribution >= 0.6 is 11.6 Å². The first kappa shape index (κ1) is 20.5. The molecule has 1 amide bonds. The summed E-state index contributed by atoms with van der Waals surface area (Å²) in [6.45, 7) is 4.84.